The van der Waals surface area contributed by atoms with E-state index >= 15 is 0 Å². The first-order valence-corrected chi connectivity index (χ1v) is 7.93. The molecule has 0 bridgehead atoms. The molecule has 1 spiro atoms. The highest BCUT2D eigenvalue weighted by molar-refractivity contribution is 9.10. The topological polar surface area (TPSA) is 15.3 Å². The lowest BCUT2D eigenvalue weighted by Crippen LogP contribution is -2.61. The Morgan fingerprint density at radius 1 is 1.21 bits per heavy atom. The van der Waals surface area contributed by atoms with E-state index < -0.39 is 0 Å². The molecular formula is C15H20BrFN2. The van der Waals surface area contributed by atoms with Gasteiger partial charge in [-0.05, 0) is 47.0 Å². The minimum Gasteiger partial charge on any atom is -0.367 e. The van der Waals surface area contributed by atoms with Gasteiger partial charge >= 0.3 is 0 Å². The summed E-state index contributed by atoms with van der Waals surface area (Å²) in [6.07, 6.45) is 6.47. The number of rotatable bonds is 1. The molecule has 0 aromatic heterocycles. The first kappa shape index (κ1) is 13.4. The lowest BCUT2D eigenvalue weighted by Gasteiger charge is -2.47. The minimum atomic E-state index is -0.158. The number of hydrogen-bond donors (Lipinski definition) is 1. The van der Waals surface area contributed by atoms with Crippen LogP contribution in [0.4, 0.5) is 10.1 Å². The van der Waals surface area contributed by atoms with Gasteiger partial charge in [0.2, 0.25) is 0 Å². The van der Waals surface area contributed by atoms with Gasteiger partial charge < -0.3 is 10.2 Å². The van der Waals surface area contributed by atoms with Crippen molar-refractivity contribution in [3.8, 4) is 0 Å². The number of nitrogens with zero attached hydrogens (tertiary/aromatic N) is 1. The number of hydrogen-bond acceptors (Lipinski definition) is 2. The monoisotopic (exact) mass is 326 g/mol. The summed E-state index contributed by atoms with van der Waals surface area (Å²) in [6, 6.07) is 4.96. The van der Waals surface area contributed by atoms with Crippen LogP contribution >= 0.6 is 15.9 Å². The maximum Gasteiger partial charge on any atom is 0.125 e. The number of anilines is 1. The number of halogens is 2. The van der Waals surface area contributed by atoms with Crippen molar-refractivity contribution in [1.29, 1.82) is 0 Å². The molecule has 2 fully saturated rings. The molecule has 1 saturated heterocycles. The maximum atomic E-state index is 13.5. The third-order valence-electron chi connectivity index (χ3n) is 4.43. The average molecular weight is 327 g/mol. The smallest absolute Gasteiger partial charge is 0.125 e. The summed E-state index contributed by atoms with van der Waals surface area (Å²) in [5.74, 6) is -0.158. The molecule has 1 aromatic rings. The highest BCUT2D eigenvalue weighted by Gasteiger charge is 2.36. The van der Waals surface area contributed by atoms with Crippen LogP contribution in [0.15, 0.2) is 22.7 Å². The van der Waals surface area contributed by atoms with Crippen LogP contribution < -0.4 is 10.2 Å². The van der Waals surface area contributed by atoms with Crippen molar-refractivity contribution in [2.24, 2.45) is 0 Å². The molecule has 1 aromatic carbocycles. The quantitative estimate of drug-likeness (QED) is 0.846. The Morgan fingerprint density at radius 2 is 2.00 bits per heavy atom. The van der Waals surface area contributed by atoms with E-state index in [1.807, 2.05) is 0 Å². The Bertz CT molecular complexity index is 452. The SMILES string of the molecule is Fc1ccc(Br)c(N2CCNC3(CCCCC3)C2)c1. The van der Waals surface area contributed by atoms with E-state index in [2.05, 4.69) is 26.1 Å². The molecule has 4 heteroatoms. The Morgan fingerprint density at radius 3 is 2.79 bits per heavy atom. The summed E-state index contributed by atoms with van der Waals surface area (Å²) >= 11 is 3.55. The predicted molar refractivity (Wildman–Crippen MR) is 80.1 cm³/mol. The number of piperazine rings is 1. The fraction of sp³-hybridized carbons (Fsp3) is 0.600. The zero-order valence-corrected chi connectivity index (χ0v) is 12.7. The van der Waals surface area contributed by atoms with E-state index in [1.54, 1.807) is 12.1 Å². The maximum absolute atomic E-state index is 13.5. The Labute approximate surface area is 122 Å². The van der Waals surface area contributed by atoms with Crippen LogP contribution in [0.2, 0.25) is 0 Å². The van der Waals surface area contributed by atoms with Gasteiger partial charge in [-0.25, -0.2) is 4.39 Å². The average Bonchev–Trinajstić information content (AvgIpc) is 2.42. The van der Waals surface area contributed by atoms with Gasteiger partial charge in [0.25, 0.3) is 0 Å². The van der Waals surface area contributed by atoms with Crippen molar-refractivity contribution in [2.45, 2.75) is 37.6 Å². The second-order valence-electron chi connectivity index (χ2n) is 5.79. The van der Waals surface area contributed by atoms with Gasteiger partial charge in [0.1, 0.15) is 5.82 Å². The molecule has 104 valence electrons. The van der Waals surface area contributed by atoms with Gasteiger partial charge in [-0.15, -0.1) is 0 Å². The van der Waals surface area contributed by atoms with E-state index in [0.717, 1.165) is 29.8 Å². The molecule has 1 saturated carbocycles. The number of nitrogens with one attached hydrogen (secondary N) is 1. The normalized spacial score (nSPS) is 22.7. The first-order valence-electron chi connectivity index (χ1n) is 7.14. The van der Waals surface area contributed by atoms with E-state index in [0.29, 0.717) is 0 Å². The molecule has 2 aliphatic rings. The highest BCUT2D eigenvalue weighted by atomic mass is 79.9. The Hall–Kier alpha value is -0.610. The Kier molecular flexibility index (Phi) is 3.81. The molecule has 1 N–H and O–H groups in total. The van der Waals surface area contributed by atoms with Gasteiger partial charge in [0.15, 0.2) is 0 Å². The molecule has 0 radical (unpaired) electrons. The molecule has 3 rings (SSSR count). The third-order valence-corrected chi connectivity index (χ3v) is 5.11. The van der Waals surface area contributed by atoms with Crippen LogP contribution in [0.25, 0.3) is 0 Å². The standard InChI is InChI=1S/C15H20BrFN2/c16-13-5-4-12(17)10-14(13)19-9-8-18-15(11-19)6-2-1-3-7-15/h4-5,10,18H,1-3,6-9,11H2. The number of benzene rings is 1. The van der Waals surface area contributed by atoms with E-state index in [4.69, 9.17) is 0 Å². The summed E-state index contributed by atoms with van der Waals surface area (Å²) in [6.45, 7) is 2.93. The van der Waals surface area contributed by atoms with Crippen LogP contribution in [0.5, 0.6) is 0 Å². The predicted octanol–water partition coefficient (Wildman–Crippen LogP) is 3.70. The van der Waals surface area contributed by atoms with Crippen molar-refractivity contribution < 1.29 is 4.39 Å². The van der Waals surface area contributed by atoms with Crippen molar-refractivity contribution in [3.05, 3.63) is 28.5 Å². The molecule has 1 aliphatic carbocycles. The van der Waals surface area contributed by atoms with Crippen LogP contribution in [-0.2, 0) is 0 Å². The van der Waals surface area contributed by atoms with Crippen LogP contribution in [0, 0.1) is 5.82 Å². The fourth-order valence-electron chi connectivity index (χ4n) is 3.45. The van der Waals surface area contributed by atoms with Crippen LogP contribution in [0.3, 0.4) is 0 Å². The molecule has 0 unspecified atom stereocenters. The van der Waals surface area contributed by atoms with E-state index in [9.17, 15) is 4.39 Å². The summed E-state index contributed by atoms with van der Waals surface area (Å²) in [7, 11) is 0. The summed E-state index contributed by atoms with van der Waals surface area (Å²) in [4.78, 5) is 2.33. The molecular weight excluding hydrogens is 307 g/mol. The zero-order chi connectivity index (χ0) is 13.3. The summed E-state index contributed by atoms with van der Waals surface area (Å²) in [5, 5.41) is 3.72. The highest BCUT2D eigenvalue weighted by Crippen LogP contribution is 2.34. The Balaban J connectivity index is 1.82. The lowest BCUT2D eigenvalue weighted by atomic mass is 9.80. The summed E-state index contributed by atoms with van der Waals surface area (Å²) in [5.41, 5.74) is 1.24. The molecule has 1 heterocycles. The van der Waals surface area contributed by atoms with Crippen LogP contribution in [-0.4, -0.2) is 25.2 Å². The van der Waals surface area contributed by atoms with E-state index in [-0.39, 0.29) is 11.4 Å². The minimum absolute atomic E-state index is 0.158. The molecule has 0 amide bonds. The van der Waals surface area contributed by atoms with Gasteiger partial charge in [0.05, 0.1) is 5.69 Å². The second kappa shape index (κ2) is 5.41. The third kappa shape index (κ3) is 2.79. The van der Waals surface area contributed by atoms with E-state index in [1.165, 1.54) is 38.2 Å². The first-order chi connectivity index (χ1) is 9.19. The van der Waals surface area contributed by atoms with Crippen molar-refractivity contribution in [3.63, 3.8) is 0 Å². The fourth-order valence-corrected chi connectivity index (χ4v) is 3.95. The van der Waals surface area contributed by atoms with Gasteiger partial charge in [0, 0.05) is 29.6 Å². The van der Waals surface area contributed by atoms with Crippen molar-refractivity contribution in [1.82, 2.24) is 5.32 Å². The molecule has 19 heavy (non-hydrogen) atoms. The molecule has 0 atom stereocenters. The van der Waals surface area contributed by atoms with Gasteiger partial charge in [-0.2, -0.15) is 0 Å². The van der Waals surface area contributed by atoms with Gasteiger partial charge in [-0.1, -0.05) is 19.3 Å². The van der Waals surface area contributed by atoms with Crippen LogP contribution in [0.1, 0.15) is 32.1 Å². The van der Waals surface area contributed by atoms with Crippen molar-refractivity contribution >= 4 is 21.6 Å². The lowest BCUT2D eigenvalue weighted by molar-refractivity contribution is 0.216. The second-order valence-corrected chi connectivity index (χ2v) is 6.64. The molecule has 1 aliphatic heterocycles. The molecule has 2 nitrogen and oxygen atoms in total. The summed E-state index contributed by atoms with van der Waals surface area (Å²) < 4.78 is 14.5. The van der Waals surface area contributed by atoms with Gasteiger partial charge in [-0.3, -0.25) is 0 Å². The zero-order valence-electron chi connectivity index (χ0n) is 11.1. The largest absolute Gasteiger partial charge is 0.367 e. The van der Waals surface area contributed by atoms with Crippen molar-refractivity contribution in [2.75, 3.05) is 24.5 Å².